The predicted molar refractivity (Wildman–Crippen MR) is 39.2 cm³/mol. The second kappa shape index (κ2) is 2.44. The van der Waals surface area contributed by atoms with Gasteiger partial charge in [0.1, 0.15) is 11.9 Å². The minimum Gasteiger partial charge on any atom is -0.384 e. The van der Waals surface area contributed by atoms with Crippen LogP contribution < -0.4 is 5.73 Å². The third kappa shape index (κ3) is 0.841. The predicted octanol–water partition coefficient (Wildman–Crippen LogP) is 0.962. The van der Waals surface area contributed by atoms with Crippen molar-refractivity contribution in [1.29, 1.82) is 5.26 Å². The molecule has 2 N–H and O–H groups in total. The summed E-state index contributed by atoms with van der Waals surface area (Å²) in [6, 6.07) is 3.73. The van der Waals surface area contributed by atoms with Crippen molar-refractivity contribution in [3.63, 3.8) is 0 Å². The van der Waals surface area contributed by atoms with E-state index < -0.39 is 0 Å². The van der Waals surface area contributed by atoms with Gasteiger partial charge in [0, 0.05) is 12.7 Å². The molecular weight excluding hydrogens is 126 g/mol. The van der Waals surface area contributed by atoms with Crippen LogP contribution >= 0.6 is 0 Å². The van der Waals surface area contributed by atoms with E-state index in [0.29, 0.717) is 11.4 Å². The third-order valence-electron chi connectivity index (χ3n) is 1.47. The number of hydrogen-bond acceptors (Lipinski definition) is 2. The first kappa shape index (κ1) is 6.69. The van der Waals surface area contributed by atoms with Gasteiger partial charge in [0.25, 0.3) is 0 Å². The van der Waals surface area contributed by atoms with Crippen molar-refractivity contribution in [3.05, 3.63) is 17.8 Å². The molecule has 0 aliphatic carbocycles. The molecule has 1 aromatic rings. The molecule has 3 heteroatoms. The lowest BCUT2D eigenvalue weighted by atomic mass is 10.3. The highest BCUT2D eigenvalue weighted by Gasteiger charge is 2.00. The summed E-state index contributed by atoms with van der Waals surface area (Å²) >= 11 is 0. The number of rotatable bonds is 1. The average molecular weight is 135 g/mol. The van der Waals surface area contributed by atoms with Crippen LogP contribution in [0.3, 0.4) is 0 Å². The molecule has 0 amide bonds. The first-order valence-electron chi connectivity index (χ1n) is 3.14. The van der Waals surface area contributed by atoms with Gasteiger partial charge in [-0.1, -0.05) is 0 Å². The van der Waals surface area contributed by atoms with Crippen molar-refractivity contribution in [2.45, 2.75) is 13.5 Å². The van der Waals surface area contributed by atoms with E-state index >= 15 is 0 Å². The molecule has 0 aliphatic heterocycles. The van der Waals surface area contributed by atoms with Crippen molar-refractivity contribution in [2.24, 2.45) is 0 Å². The van der Waals surface area contributed by atoms with E-state index in [-0.39, 0.29) is 0 Å². The van der Waals surface area contributed by atoms with Crippen molar-refractivity contribution < 1.29 is 0 Å². The summed E-state index contributed by atoms with van der Waals surface area (Å²) < 4.78 is 1.83. The number of anilines is 1. The van der Waals surface area contributed by atoms with Crippen LogP contribution in [0.1, 0.15) is 12.5 Å². The van der Waals surface area contributed by atoms with Crippen LogP contribution in [0.2, 0.25) is 0 Å². The summed E-state index contributed by atoms with van der Waals surface area (Å²) in [5.74, 6) is 0.560. The zero-order valence-corrected chi connectivity index (χ0v) is 5.83. The molecular formula is C7H9N3. The number of nitrogens with two attached hydrogens (primary N) is 1. The zero-order valence-electron chi connectivity index (χ0n) is 5.83. The van der Waals surface area contributed by atoms with Crippen molar-refractivity contribution in [1.82, 2.24) is 4.57 Å². The first-order valence-corrected chi connectivity index (χ1v) is 3.14. The Kier molecular flexibility index (Phi) is 1.63. The molecule has 0 bridgehead atoms. The van der Waals surface area contributed by atoms with Gasteiger partial charge in [-0.2, -0.15) is 5.26 Å². The van der Waals surface area contributed by atoms with Gasteiger partial charge in [0.05, 0.1) is 5.56 Å². The first-order chi connectivity index (χ1) is 4.79. The van der Waals surface area contributed by atoms with Gasteiger partial charge in [-0.15, -0.1) is 0 Å². The normalized spacial score (nSPS) is 9.20. The van der Waals surface area contributed by atoms with Gasteiger partial charge < -0.3 is 10.3 Å². The highest BCUT2D eigenvalue weighted by Crippen LogP contribution is 2.10. The molecule has 0 fully saturated rings. The lowest BCUT2D eigenvalue weighted by Crippen LogP contribution is -1.99. The quantitative estimate of drug-likeness (QED) is 0.623. The van der Waals surface area contributed by atoms with Crippen LogP contribution in [-0.4, -0.2) is 4.57 Å². The summed E-state index contributed by atoms with van der Waals surface area (Å²) in [4.78, 5) is 0. The van der Waals surface area contributed by atoms with Gasteiger partial charge in [-0.25, -0.2) is 0 Å². The van der Waals surface area contributed by atoms with E-state index in [1.807, 2.05) is 23.8 Å². The second-order valence-electron chi connectivity index (χ2n) is 2.01. The Morgan fingerprint density at radius 3 is 2.80 bits per heavy atom. The van der Waals surface area contributed by atoms with E-state index in [9.17, 15) is 0 Å². The van der Waals surface area contributed by atoms with Crippen LogP contribution in [0.4, 0.5) is 5.82 Å². The lowest BCUT2D eigenvalue weighted by Gasteiger charge is -1.98. The SMILES string of the molecule is CCn1ccc(C#N)c1N. The van der Waals surface area contributed by atoms with Crippen LogP contribution in [0.5, 0.6) is 0 Å². The molecule has 0 atom stereocenters. The smallest absolute Gasteiger partial charge is 0.121 e. The van der Waals surface area contributed by atoms with Gasteiger partial charge >= 0.3 is 0 Å². The van der Waals surface area contributed by atoms with Gasteiger partial charge in [0.15, 0.2) is 0 Å². The molecule has 0 spiro atoms. The summed E-state index contributed by atoms with van der Waals surface area (Å²) in [6.45, 7) is 2.80. The number of aryl methyl sites for hydroxylation is 1. The van der Waals surface area contributed by atoms with Gasteiger partial charge in [-0.05, 0) is 13.0 Å². The molecule has 0 unspecified atom stereocenters. The monoisotopic (exact) mass is 135 g/mol. The Balaban J connectivity index is 3.12. The Bertz CT molecular complexity index is 267. The third-order valence-corrected chi connectivity index (χ3v) is 1.47. The standard InChI is InChI=1S/C7H9N3/c1-2-10-4-3-6(5-8)7(10)9/h3-4H,2,9H2,1H3. The Labute approximate surface area is 59.7 Å². The maximum Gasteiger partial charge on any atom is 0.121 e. The van der Waals surface area contributed by atoms with Crippen molar-refractivity contribution >= 4 is 5.82 Å². The van der Waals surface area contributed by atoms with Gasteiger partial charge in [0.2, 0.25) is 0 Å². The topological polar surface area (TPSA) is 54.7 Å². The molecule has 1 heterocycles. The highest BCUT2D eigenvalue weighted by atomic mass is 15.0. The fraction of sp³-hybridized carbons (Fsp3) is 0.286. The van der Waals surface area contributed by atoms with Crippen molar-refractivity contribution in [3.8, 4) is 6.07 Å². The van der Waals surface area contributed by atoms with Crippen LogP contribution in [-0.2, 0) is 6.54 Å². The molecule has 0 aliphatic rings. The molecule has 3 nitrogen and oxygen atoms in total. The van der Waals surface area contributed by atoms with E-state index in [1.165, 1.54) is 0 Å². The molecule has 0 saturated carbocycles. The summed E-state index contributed by atoms with van der Waals surface area (Å²) in [6.07, 6.45) is 1.81. The molecule has 10 heavy (non-hydrogen) atoms. The molecule has 0 radical (unpaired) electrons. The number of nitrogen functional groups attached to an aromatic ring is 1. The maximum atomic E-state index is 8.48. The van der Waals surface area contributed by atoms with Gasteiger partial charge in [-0.3, -0.25) is 0 Å². The number of aromatic nitrogens is 1. The molecule has 1 rings (SSSR count). The number of hydrogen-bond donors (Lipinski definition) is 1. The molecule has 1 aromatic heterocycles. The molecule has 0 saturated heterocycles. The zero-order chi connectivity index (χ0) is 7.56. The lowest BCUT2D eigenvalue weighted by molar-refractivity contribution is 0.779. The number of nitrogens with zero attached hydrogens (tertiary/aromatic N) is 2. The Hall–Kier alpha value is -1.43. The fourth-order valence-corrected chi connectivity index (χ4v) is 0.855. The van der Waals surface area contributed by atoms with E-state index in [2.05, 4.69) is 0 Å². The maximum absolute atomic E-state index is 8.48. The van der Waals surface area contributed by atoms with Crippen LogP contribution in [0.25, 0.3) is 0 Å². The van der Waals surface area contributed by atoms with Crippen LogP contribution in [0.15, 0.2) is 12.3 Å². The second-order valence-corrected chi connectivity index (χ2v) is 2.01. The van der Waals surface area contributed by atoms with Crippen LogP contribution in [0, 0.1) is 11.3 Å². The minimum absolute atomic E-state index is 0.557. The summed E-state index contributed by atoms with van der Waals surface area (Å²) in [7, 11) is 0. The van der Waals surface area contributed by atoms with Crippen molar-refractivity contribution in [2.75, 3.05) is 5.73 Å². The Morgan fingerprint density at radius 1 is 1.80 bits per heavy atom. The average Bonchev–Trinajstić information content (AvgIpc) is 2.30. The minimum atomic E-state index is 0.557. The Morgan fingerprint density at radius 2 is 2.50 bits per heavy atom. The molecule has 0 aromatic carbocycles. The number of nitriles is 1. The fourth-order valence-electron chi connectivity index (χ4n) is 0.855. The van der Waals surface area contributed by atoms with E-state index in [0.717, 1.165) is 6.54 Å². The summed E-state index contributed by atoms with van der Waals surface area (Å²) in [5.41, 5.74) is 6.12. The highest BCUT2D eigenvalue weighted by molar-refractivity contribution is 5.49. The van der Waals surface area contributed by atoms with E-state index in [1.54, 1.807) is 6.07 Å². The molecule has 52 valence electrons. The van der Waals surface area contributed by atoms with E-state index in [4.69, 9.17) is 11.0 Å². The largest absolute Gasteiger partial charge is 0.384 e. The summed E-state index contributed by atoms with van der Waals surface area (Å²) in [5, 5.41) is 8.48.